The number of rotatable bonds is 4. The van der Waals surface area contributed by atoms with Crippen molar-refractivity contribution >= 4 is 28.8 Å². The van der Waals surface area contributed by atoms with E-state index in [9.17, 15) is 31.5 Å². The minimum atomic E-state index is -4.68. The van der Waals surface area contributed by atoms with Crippen LogP contribution in [0.5, 0.6) is 0 Å². The van der Waals surface area contributed by atoms with Gasteiger partial charge < -0.3 is 5.32 Å². The highest BCUT2D eigenvalue weighted by molar-refractivity contribution is 6.46. The summed E-state index contributed by atoms with van der Waals surface area (Å²) in [4.78, 5) is 26.9. The number of anilines is 2. The van der Waals surface area contributed by atoms with Crippen LogP contribution in [0.25, 0.3) is 5.57 Å². The first-order valence-corrected chi connectivity index (χ1v) is 9.24. The average molecular weight is 444 g/mol. The number of hydrogen-bond donors (Lipinski definition) is 1. The molecular weight excluding hydrogens is 431 g/mol. The van der Waals surface area contributed by atoms with E-state index in [1.54, 1.807) is 0 Å². The van der Waals surface area contributed by atoms with E-state index in [4.69, 9.17) is 0 Å². The van der Waals surface area contributed by atoms with Gasteiger partial charge in [-0.1, -0.05) is 24.3 Å². The Labute approximate surface area is 178 Å². The van der Waals surface area contributed by atoms with E-state index in [1.807, 2.05) is 0 Å². The Morgan fingerprint density at radius 3 is 2.09 bits per heavy atom. The van der Waals surface area contributed by atoms with Crippen molar-refractivity contribution in [2.75, 3.05) is 10.2 Å². The number of amides is 2. The van der Waals surface area contributed by atoms with Crippen molar-refractivity contribution in [2.24, 2.45) is 0 Å². The van der Waals surface area contributed by atoms with Crippen LogP contribution in [0.2, 0.25) is 0 Å². The molecule has 3 aromatic rings. The maximum atomic E-state index is 13.6. The molecule has 0 spiro atoms. The number of nitrogens with zero attached hydrogens (tertiary/aromatic N) is 1. The molecule has 0 bridgehead atoms. The first-order valence-electron chi connectivity index (χ1n) is 9.24. The molecule has 3 aromatic carbocycles. The van der Waals surface area contributed by atoms with E-state index < -0.39 is 35.2 Å². The summed E-state index contributed by atoms with van der Waals surface area (Å²) in [6, 6.07) is 13.5. The van der Waals surface area contributed by atoms with Gasteiger partial charge in [0, 0.05) is 5.69 Å². The van der Waals surface area contributed by atoms with E-state index in [-0.39, 0.29) is 28.2 Å². The molecule has 1 aliphatic rings. The zero-order chi connectivity index (χ0) is 23.0. The topological polar surface area (TPSA) is 49.4 Å². The van der Waals surface area contributed by atoms with E-state index in [1.165, 1.54) is 36.4 Å². The fourth-order valence-corrected chi connectivity index (χ4v) is 3.30. The summed E-state index contributed by atoms with van der Waals surface area (Å²) in [6.45, 7) is 0. The van der Waals surface area contributed by atoms with Crippen molar-refractivity contribution in [3.8, 4) is 0 Å². The lowest BCUT2D eigenvalue weighted by Gasteiger charge is -2.17. The smallest absolute Gasteiger partial charge is 0.350 e. The fourth-order valence-electron chi connectivity index (χ4n) is 3.30. The zero-order valence-corrected chi connectivity index (χ0v) is 16.1. The zero-order valence-electron chi connectivity index (χ0n) is 16.1. The molecule has 4 rings (SSSR count). The second-order valence-corrected chi connectivity index (χ2v) is 6.89. The number of benzene rings is 3. The molecule has 2 amide bonds. The van der Waals surface area contributed by atoms with E-state index >= 15 is 0 Å². The lowest BCUT2D eigenvalue weighted by Crippen LogP contribution is -2.32. The number of carbonyl (C=O) groups excluding carboxylic acids is 2. The molecule has 0 aliphatic carbocycles. The van der Waals surface area contributed by atoms with Crippen molar-refractivity contribution in [1.82, 2.24) is 0 Å². The Balaban J connectivity index is 1.82. The van der Waals surface area contributed by atoms with Gasteiger partial charge in [0.2, 0.25) is 0 Å². The van der Waals surface area contributed by atoms with Crippen LogP contribution in [0.1, 0.15) is 11.1 Å². The molecule has 0 unspecified atom stereocenters. The van der Waals surface area contributed by atoms with E-state index in [0.29, 0.717) is 11.0 Å². The SMILES string of the molecule is O=C1C(Nc2cccc(F)c2)=C(c2ccc(F)cc2)C(=O)N1c1cccc(C(F)(F)F)c1. The summed E-state index contributed by atoms with van der Waals surface area (Å²) >= 11 is 0. The summed E-state index contributed by atoms with van der Waals surface area (Å²) in [5.74, 6) is -3.02. The van der Waals surface area contributed by atoms with Gasteiger partial charge in [0.1, 0.15) is 17.3 Å². The highest BCUT2D eigenvalue weighted by atomic mass is 19.4. The second kappa shape index (κ2) is 7.92. The van der Waals surface area contributed by atoms with Gasteiger partial charge in [-0.2, -0.15) is 13.2 Å². The monoisotopic (exact) mass is 444 g/mol. The molecular formula is C23H13F5N2O2. The average Bonchev–Trinajstić information content (AvgIpc) is 2.98. The second-order valence-electron chi connectivity index (χ2n) is 6.89. The van der Waals surface area contributed by atoms with Crippen LogP contribution < -0.4 is 10.2 Å². The first-order chi connectivity index (χ1) is 15.1. The normalized spacial score (nSPS) is 14.3. The van der Waals surface area contributed by atoms with Gasteiger partial charge in [-0.3, -0.25) is 9.59 Å². The van der Waals surface area contributed by atoms with Crippen LogP contribution in [0, 0.1) is 11.6 Å². The largest absolute Gasteiger partial charge is 0.416 e. The molecule has 0 saturated heterocycles. The molecule has 0 aromatic heterocycles. The Morgan fingerprint density at radius 1 is 0.750 bits per heavy atom. The minimum absolute atomic E-state index is 0.145. The van der Waals surface area contributed by atoms with Gasteiger partial charge in [-0.15, -0.1) is 0 Å². The van der Waals surface area contributed by atoms with Crippen LogP contribution in [-0.2, 0) is 15.8 Å². The van der Waals surface area contributed by atoms with E-state index in [0.717, 1.165) is 30.3 Å². The Bertz CT molecular complexity index is 1250. The quantitative estimate of drug-likeness (QED) is 0.434. The molecule has 0 saturated carbocycles. The van der Waals surface area contributed by atoms with Crippen LogP contribution in [0.3, 0.4) is 0 Å². The van der Waals surface area contributed by atoms with E-state index in [2.05, 4.69) is 5.32 Å². The minimum Gasteiger partial charge on any atom is -0.350 e. The number of nitrogens with one attached hydrogen (secondary N) is 1. The number of imide groups is 1. The summed E-state index contributed by atoms with van der Waals surface area (Å²) in [5, 5.41) is 2.68. The van der Waals surface area contributed by atoms with Crippen LogP contribution >= 0.6 is 0 Å². The molecule has 1 aliphatic heterocycles. The van der Waals surface area contributed by atoms with Gasteiger partial charge in [0.15, 0.2) is 0 Å². The van der Waals surface area contributed by atoms with Gasteiger partial charge in [0.25, 0.3) is 11.8 Å². The maximum Gasteiger partial charge on any atom is 0.416 e. The molecule has 32 heavy (non-hydrogen) atoms. The highest BCUT2D eigenvalue weighted by Gasteiger charge is 2.41. The van der Waals surface area contributed by atoms with Crippen LogP contribution in [0.4, 0.5) is 33.3 Å². The molecule has 1 N–H and O–H groups in total. The van der Waals surface area contributed by atoms with Gasteiger partial charge in [0.05, 0.1) is 16.8 Å². The summed E-state index contributed by atoms with van der Waals surface area (Å²) in [7, 11) is 0. The van der Waals surface area contributed by atoms with Crippen LogP contribution in [-0.4, -0.2) is 11.8 Å². The predicted octanol–water partition coefficient (Wildman–Crippen LogP) is 5.38. The van der Waals surface area contributed by atoms with Crippen molar-refractivity contribution in [3.05, 3.63) is 101 Å². The molecule has 1 heterocycles. The molecule has 9 heteroatoms. The van der Waals surface area contributed by atoms with Crippen molar-refractivity contribution in [1.29, 1.82) is 0 Å². The van der Waals surface area contributed by atoms with Gasteiger partial charge in [-0.25, -0.2) is 13.7 Å². The lowest BCUT2D eigenvalue weighted by atomic mass is 10.0. The fraction of sp³-hybridized carbons (Fsp3) is 0.0435. The van der Waals surface area contributed by atoms with Crippen molar-refractivity contribution in [3.63, 3.8) is 0 Å². The molecule has 0 atom stereocenters. The number of carbonyl (C=O) groups is 2. The lowest BCUT2D eigenvalue weighted by molar-refractivity contribution is -0.137. The third kappa shape index (κ3) is 3.96. The molecule has 162 valence electrons. The highest BCUT2D eigenvalue weighted by Crippen LogP contribution is 2.36. The van der Waals surface area contributed by atoms with Crippen molar-refractivity contribution in [2.45, 2.75) is 6.18 Å². The Kier molecular flexibility index (Phi) is 5.25. The van der Waals surface area contributed by atoms with Gasteiger partial charge >= 0.3 is 6.18 Å². The maximum absolute atomic E-state index is 13.6. The number of alkyl halides is 3. The molecule has 0 radical (unpaired) electrons. The number of hydrogen-bond acceptors (Lipinski definition) is 3. The Hall–Kier alpha value is -4.01. The standard InChI is InChI=1S/C23H13F5N2O2/c24-15-9-7-13(8-10-15)19-20(29-17-5-2-4-16(25)12-17)22(32)30(21(19)31)18-6-1-3-14(11-18)23(26,27)28/h1-12,29H. The number of halogens is 5. The third-order valence-electron chi connectivity index (χ3n) is 4.74. The van der Waals surface area contributed by atoms with Crippen molar-refractivity contribution < 1.29 is 31.5 Å². The summed E-state index contributed by atoms with van der Waals surface area (Å²) < 4.78 is 66.4. The molecule has 4 nitrogen and oxygen atoms in total. The predicted molar refractivity (Wildman–Crippen MR) is 107 cm³/mol. The Morgan fingerprint density at radius 2 is 1.44 bits per heavy atom. The third-order valence-corrected chi connectivity index (χ3v) is 4.74. The van der Waals surface area contributed by atoms with Gasteiger partial charge in [-0.05, 0) is 54.1 Å². The molecule has 0 fully saturated rings. The summed E-state index contributed by atoms with van der Waals surface area (Å²) in [6.07, 6.45) is -4.68. The first kappa shape index (κ1) is 21.2. The van der Waals surface area contributed by atoms with Crippen LogP contribution in [0.15, 0.2) is 78.5 Å². The summed E-state index contributed by atoms with van der Waals surface area (Å²) in [5.41, 5.74) is -1.47.